The molecule has 2 aromatic heterocycles. The Balaban J connectivity index is 1.84. The van der Waals surface area contributed by atoms with Crippen molar-refractivity contribution in [2.75, 3.05) is 6.54 Å². The predicted octanol–water partition coefficient (Wildman–Crippen LogP) is 1.17. The third kappa shape index (κ3) is 2.25. The summed E-state index contributed by atoms with van der Waals surface area (Å²) < 4.78 is 0. The lowest BCUT2D eigenvalue weighted by molar-refractivity contribution is -0.149. The molecule has 2 aromatic rings. The molecule has 0 spiro atoms. The number of amides is 2. The minimum Gasteiger partial charge on any atom is -0.480 e. The Labute approximate surface area is 147 Å². The molecule has 2 amide bonds. The maximum absolute atomic E-state index is 12.8. The van der Waals surface area contributed by atoms with Crippen LogP contribution in [-0.2, 0) is 14.4 Å². The van der Waals surface area contributed by atoms with Gasteiger partial charge in [0.05, 0.1) is 10.9 Å². The number of rotatable bonds is 3. The maximum atomic E-state index is 12.8. The topological polar surface area (TPSA) is 108 Å². The number of carboxylic acids is 1. The van der Waals surface area contributed by atoms with Crippen LogP contribution in [0, 0.1) is 5.92 Å². The minimum absolute atomic E-state index is 0.226. The molecule has 24 heavy (non-hydrogen) atoms. The molecule has 0 bridgehead atoms. The zero-order chi connectivity index (χ0) is 17.0. The zero-order valence-corrected chi connectivity index (χ0v) is 14.4. The molecule has 10 heteroatoms. The second-order valence-electron chi connectivity index (χ2n) is 5.42. The second kappa shape index (κ2) is 5.57. The van der Waals surface area contributed by atoms with Gasteiger partial charge in [-0.05, 0) is 11.4 Å². The molecule has 124 valence electrons. The number of nitrogens with zero attached hydrogens (tertiary/aromatic N) is 1. The van der Waals surface area contributed by atoms with Gasteiger partial charge in [-0.15, -0.1) is 11.3 Å². The Morgan fingerprint density at radius 3 is 2.75 bits per heavy atom. The molecule has 0 aromatic carbocycles. The summed E-state index contributed by atoms with van der Waals surface area (Å²) in [6.07, 6.45) is 0. The molecule has 0 saturated carbocycles. The second-order valence-corrected chi connectivity index (χ2v) is 8.57. The number of fused-ring (bicyclic) bond motifs is 2. The van der Waals surface area contributed by atoms with Crippen molar-refractivity contribution in [3.05, 3.63) is 36.9 Å². The van der Waals surface area contributed by atoms with Crippen LogP contribution in [0.2, 0.25) is 0 Å². The first-order chi connectivity index (χ1) is 11.5. The smallest absolute Gasteiger partial charge is 0.323 e. The van der Waals surface area contributed by atoms with E-state index in [0.717, 1.165) is 37.8 Å². The maximum Gasteiger partial charge on any atom is 0.323 e. The number of imide groups is 1. The van der Waals surface area contributed by atoms with Crippen LogP contribution in [0.4, 0.5) is 0 Å². The first-order valence-corrected chi connectivity index (χ1v) is 9.55. The van der Waals surface area contributed by atoms with Crippen LogP contribution < -0.4 is 4.87 Å². The quantitative estimate of drug-likeness (QED) is 0.772. The third-order valence-electron chi connectivity index (χ3n) is 4.06. The SMILES string of the molecule is O=C(O)CN1C(=O)[C@H]2[C@H](c3cccs3)c3sc(=O)[nH]c3S[C@H]2C1=O. The Morgan fingerprint density at radius 2 is 2.08 bits per heavy atom. The van der Waals surface area contributed by atoms with E-state index in [2.05, 4.69) is 4.98 Å². The number of thiophene rings is 1. The highest BCUT2D eigenvalue weighted by molar-refractivity contribution is 8.00. The van der Waals surface area contributed by atoms with Gasteiger partial charge in [-0.1, -0.05) is 29.2 Å². The Bertz CT molecular complexity index is 900. The number of carboxylic acid groups (broad SMARTS) is 1. The van der Waals surface area contributed by atoms with Gasteiger partial charge in [-0.3, -0.25) is 24.1 Å². The van der Waals surface area contributed by atoms with Crippen LogP contribution in [0.15, 0.2) is 27.3 Å². The number of aromatic nitrogens is 1. The van der Waals surface area contributed by atoms with E-state index in [4.69, 9.17) is 5.11 Å². The molecule has 0 unspecified atom stereocenters. The number of aromatic amines is 1. The summed E-state index contributed by atoms with van der Waals surface area (Å²) in [5.41, 5.74) is 0. The number of aliphatic carboxylic acids is 1. The normalized spacial score (nSPS) is 25.7. The van der Waals surface area contributed by atoms with Crippen molar-refractivity contribution in [1.29, 1.82) is 0 Å². The Morgan fingerprint density at radius 1 is 1.29 bits per heavy atom. The van der Waals surface area contributed by atoms with Gasteiger partial charge in [0.25, 0.3) is 0 Å². The number of carbonyl (C=O) groups is 3. The molecule has 2 aliphatic heterocycles. The predicted molar refractivity (Wildman–Crippen MR) is 88.6 cm³/mol. The summed E-state index contributed by atoms with van der Waals surface area (Å²) in [4.78, 5) is 53.0. The van der Waals surface area contributed by atoms with Crippen LogP contribution in [0.3, 0.4) is 0 Å². The van der Waals surface area contributed by atoms with Crippen molar-refractivity contribution < 1.29 is 19.5 Å². The minimum atomic E-state index is -1.23. The van der Waals surface area contributed by atoms with E-state index in [1.807, 2.05) is 17.5 Å². The fourth-order valence-corrected chi connectivity index (χ4v) is 6.63. The van der Waals surface area contributed by atoms with E-state index >= 15 is 0 Å². The number of likely N-dealkylation sites (tertiary alicyclic amines) is 1. The van der Waals surface area contributed by atoms with Gasteiger partial charge in [0, 0.05) is 15.7 Å². The van der Waals surface area contributed by atoms with Crippen molar-refractivity contribution in [2.45, 2.75) is 16.2 Å². The van der Waals surface area contributed by atoms with E-state index in [0.29, 0.717) is 5.03 Å². The molecule has 1 fully saturated rings. The molecule has 4 rings (SSSR count). The summed E-state index contributed by atoms with van der Waals surface area (Å²) in [6.45, 7) is -0.632. The molecular formula is C14H10N2O5S3. The fraction of sp³-hybridized carbons (Fsp3) is 0.286. The van der Waals surface area contributed by atoms with Gasteiger partial charge < -0.3 is 10.1 Å². The van der Waals surface area contributed by atoms with Gasteiger partial charge in [0.15, 0.2) is 0 Å². The Kier molecular flexibility index (Phi) is 3.62. The first-order valence-electron chi connectivity index (χ1n) is 6.97. The monoisotopic (exact) mass is 382 g/mol. The lowest BCUT2D eigenvalue weighted by Gasteiger charge is -2.28. The van der Waals surface area contributed by atoms with Crippen LogP contribution in [0.5, 0.6) is 0 Å². The zero-order valence-electron chi connectivity index (χ0n) is 11.9. The van der Waals surface area contributed by atoms with Crippen molar-refractivity contribution in [2.24, 2.45) is 5.92 Å². The average molecular weight is 382 g/mol. The van der Waals surface area contributed by atoms with E-state index in [1.54, 1.807) is 0 Å². The lowest BCUT2D eigenvalue weighted by atomic mass is 9.87. The Hall–Kier alpha value is -1.91. The summed E-state index contributed by atoms with van der Waals surface area (Å²) in [6, 6.07) is 3.72. The molecule has 3 atom stereocenters. The highest BCUT2D eigenvalue weighted by atomic mass is 32.2. The van der Waals surface area contributed by atoms with Gasteiger partial charge in [0.1, 0.15) is 11.8 Å². The van der Waals surface area contributed by atoms with E-state index < -0.39 is 41.4 Å². The molecule has 0 radical (unpaired) electrons. The van der Waals surface area contributed by atoms with Crippen molar-refractivity contribution in [1.82, 2.24) is 9.88 Å². The lowest BCUT2D eigenvalue weighted by Crippen LogP contribution is -2.36. The number of thiazole rings is 1. The highest BCUT2D eigenvalue weighted by Crippen LogP contribution is 2.53. The molecule has 7 nitrogen and oxygen atoms in total. The molecule has 1 saturated heterocycles. The van der Waals surface area contributed by atoms with Crippen molar-refractivity contribution in [3.63, 3.8) is 0 Å². The number of hydrogen-bond donors (Lipinski definition) is 2. The summed E-state index contributed by atoms with van der Waals surface area (Å²) in [5.74, 6) is -3.29. The molecule has 2 aliphatic rings. The van der Waals surface area contributed by atoms with Crippen molar-refractivity contribution in [3.8, 4) is 0 Å². The van der Waals surface area contributed by atoms with Gasteiger partial charge in [-0.25, -0.2) is 0 Å². The average Bonchev–Trinajstić information content (AvgIpc) is 3.21. The number of nitrogens with one attached hydrogen (secondary N) is 1. The number of thioether (sulfide) groups is 1. The number of carbonyl (C=O) groups excluding carboxylic acids is 2. The number of hydrogen-bond acceptors (Lipinski definition) is 7. The van der Waals surface area contributed by atoms with Crippen LogP contribution >= 0.6 is 34.4 Å². The van der Waals surface area contributed by atoms with E-state index in [-0.39, 0.29) is 4.87 Å². The molecule has 0 aliphatic carbocycles. The summed E-state index contributed by atoms with van der Waals surface area (Å²) >= 11 is 3.64. The van der Waals surface area contributed by atoms with E-state index in [9.17, 15) is 19.2 Å². The third-order valence-corrected chi connectivity index (χ3v) is 7.41. The first kappa shape index (κ1) is 15.6. The summed E-state index contributed by atoms with van der Waals surface area (Å²) in [7, 11) is 0. The van der Waals surface area contributed by atoms with Crippen LogP contribution in [-0.4, -0.2) is 44.6 Å². The number of H-pyrrole nitrogens is 1. The molecule has 4 heterocycles. The fourth-order valence-electron chi connectivity index (χ4n) is 3.14. The standard InChI is InChI=1S/C14H10N2O5S3/c17-6(18)4-16-12(19)8-7(5-2-1-3-22-5)9-11(15-14(21)24-9)23-10(8)13(16)20/h1-3,7-8,10H,4H2,(H,15,21)(H,17,18)/t7-,8-,10+/m0/s1. The molecular weight excluding hydrogens is 372 g/mol. The van der Waals surface area contributed by atoms with Crippen molar-refractivity contribution >= 4 is 52.2 Å². The highest BCUT2D eigenvalue weighted by Gasteiger charge is 2.56. The summed E-state index contributed by atoms with van der Waals surface area (Å²) in [5, 5.41) is 10.7. The van der Waals surface area contributed by atoms with Crippen LogP contribution in [0.1, 0.15) is 15.7 Å². The van der Waals surface area contributed by atoms with Gasteiger partial charge in [0.2, 0.25) is 11.8 Å². The van der Waals surface area contributed by atoms with Gasteiger partial charge in [-0.2, -0.15) is 0 Å². The molecule has 2 N–H and O–H groups in total. The van der Waals surface area contributed by atoms with Gasteiger partial charge >= 0.3 is 10.8 Å². The van der Waals surface area contributed by atoms with E-state index in [1.165, 1.54) is 11.3 Å². The largest absolute Gasteiger partial charge is 0.480 e. The van der Waals surface area contributed by atoms with Crippen LogP contribution in [0.25, 0.3) is 0 Å².